The van der Waals surface area contributed by atoms with E-state index in [1.54, 1.807) is 0 Å². The molecule has 10 aromatic rings. The van der Waals surface area contributed by atoms with Gasteiger partial charge in [0, 0.05) is 44.2 Å². The summed E-state index contributed by atoms with van der Waals surface area (Å²) in [6, 6.07) is 61.6. The number of para-hydroxylation sites is 3. The van der Waals surface area contributed by atoms with Gasteiger partial charge in [-0.15, -0.1) is 0 Å². The standard InChI is InChI=1S/C48H30N6/c1-3-13-34(14-4-1)46-52-47(35-15-5-2-6-16-35)54-48(53-46)36-29-27-33(28-30-36)45-44(50-41-21-11-12-22-42(41)51-45)32-25-23-31(24-26-32)43-39-19-8-7-17-37(39)38-18-9-10-20-40(38)49-43/h1-30H. The second-order valence-corrected chi connectivity index (χ2v) is 13.1. The molecule has 0 bridgehead atoms. The van der Waals surface area contributed by atoms with Crippen molar-refractivity contribution in [3.8, 4) is 67.9 Å². The van der Waals surface area contributed by atoms with Crippen LogP contribution in [0.3, 0.4) is 0 Å². The van der Waals surface area contributed by atoms with Crippen LogP contribution in [0.15, 0.2) is 182 Å². The zero-order valence-electron chi connectivity index (χ0n) is 29.0. The van der Waals surface area contributed by atoms with Gasteiger partial charge in [-0.2, -0.15) is 0 Å². The van der Waals surface area contributed by atoms with Crippen LogP contribution in [-0.2, 0) is 0 Å². The van der Waals surface area contributed by atoms with Crippen molar-refractivity contribution in [2.24, 2.45) is 0 Å². The molecule has 0 spiro atoms. The summed E-state index contributed by atoms with van der Waals surface area (Å²) >= 11 is 0. The van der Waals surface area contributed by atoms with E-state index in [-0.39, 0.29) is 0 Å². The van der Waals surface area contributed by atoms with Crippen molar-refractivity contribution < 1.29 is 0 Å². The van der Waals surface area contributed by atoms with Crippen LogP contribution < -0.4 is 0 Å². The fraction of sp³-hybridized carbons (Fsp3) is 0. The maximum atomic E-state index is 5.17. The molecule has 0 saturated carbocycles. The Labute approximate surface area is 311 Å². The van der Waals surface area contributed by atoms with Crippen molar-refractivity contribution in [1.29, 1.82) is 0 Å². The van der Waals surface area contributed by atoms with E-state index < -0.39 is 0 Å². The molecule has 0 atom stereocenters. The van der Waals surface area contributed by atoms with Gasteiger partial charge >= 0.3 is 0 Å². The Morgan fingerprint density at radius 1 is 0.204 bits per heavy atom. The van der Waals surface area contributed by atoms with Gasteiger partial charge in [0.2, 0.25) is 0 Å². The van der Waals surface area contributed by atoms with Crippen LogP contribution in [0.25, 0.3) is 101 Å². The highest BCUT2D eigenvalue weighted by Gasteiger charge is 2.17. The summed E-state index contributed by atoms with van der Waals surface area (Å²) in [4.78, 5) is 30.2. The van der Waals surface area contributed by atoms with Gasteiger partial charge < -0.3 is 0 Å². The van der Waals surface area contributed by atoms with Gasteiger partial charge in [-0.25, -0.2) is 29.9 Å². The Hall–Kier alpha value is -7.44. The van der Waals surface area contributed by atoms with Gasteiger partial charge in [-0.1, -0.05) is 164 Å². The van der Waals surface area contributed by atoms with Gasteiger partial charge in [-0.05, 0) is 23.6 Å². The smallest absolute Gasteiger partial charge is 0.164 e. The highest BCUT2D eigenvalue weighted by molar-refractivity contribution is 6.10. The normalized spacial score (nSPS) is 11.3. The molecule has 54 heavy (non-hydrogen) atoms. The second kappa shape index (κ2) is 13.3. The molecule has 0 aliphatic carbocycles. The molecule has 0 saturated heterocycles. The van der Waals surface area contributed by atoms with Crippen molar-refractivity contribution in [2.75, 3.05) is 0 Å². The van der Waals surface area contributed by atoms with Crippen LogP contribution >= 0.6 is 0 Å². The van der Waals surface area contributed by atoms with Gasteiger partial charge in [-0.3, -0.25) is 0 Å². The van der Waals surface area contributed by atoms with Crippen LogP contribution in [0.1, 0.15) is 0 Å². The molecule has 6 heteroatoms. The monoisotopic (exact) mass is 690 g/mol. The minimum absolute atomic E-state index is 0.601. The zero-order valence-corrected chi connectivity index (χ0v) is 29.0. The minimum Gasteiger partial charge on any atom is -0.247 e. The van der Waals surface area contributed by atoms with Crippen LogP contribution in [-0.4, -0.2) is 29.9 Å². The third kappa shape index (κ3) is 5.72. The molecule has 0 amide bonds. The molecule has 0 unspecified atom stereocenters. The van der Waals surface area contributed by atoms with E-state index in [1.807, 2.05) is 91.0 Å². The number of benzene rings is 7. The summed E-state index contributed by atoms with van der Waals surface area (Å²) in [7, 11) is 0. The van der Waals surface area contributed by atoms with E-state index in [0.717, 1.165) is 77.8 Å². The van der Waals surface area contributed by atoms with Crippen molar-refractivity contribution in [2.45, 2.75) is 0 Å². The number of hydrogen-bond donors (Lipinski definition) is 0. The lowest BCUT2D eigenvalue weighted by molar-refractivity contribution is 1.07. The van der Waals surface area contributed by atoms with Gasteiger partial charge in [0.25, 0.3) is 0 Å². The molecule has 252 valence electrons. The maximum Gasteiger partial charge on any atom is 0.164 e. The van der Waals surface area contributed by atoms with Gasteiger partial charge in [0.05, 0.1) is 33.6 Å². The summed E-state index contributed by atoms with van der Waals surface area (Å²) in [6.07, 6.45) is 0. The second-order valence-electron chi connectivity index (χ2n) is 13.1. The third-order valence-corrected chi connectivity index (χ3v) is 9.73. The number of nitrogens with zero attached hydrogens (tertiary/aromatic N) is 6. The summed E-state index contributed by atoms with van der Waals surface area (Å²) in [5.41, 5.74) is 10.9. The largest absolute Gasteiger partial charge is 0.247 e. The van der Waals surface area contributed by atoms with E-state index in [9.17, 15) is 0 Å². The molecule has 7 aromatic carbocycles. The molecule has 6 nitrogen and oxygen atoms in total. The Kier molecular flexibility index (Phi) is 7.69. The molecule has 0 N–H and O–H groups in total. The lowest BCUT2D eigenvalue weighted by Gasteiger charge is -2.13. The van der Waals surface area contributed by atoms with E-state index >= 15 is 0 Å². The van der Waals surface area contributed by atoms with Crippen molar-refractivity contribution in [1.82, 2.24) is 29.9 Å². The number of rotatable bonds is 6. The van der Waals surface area contributed by atoms with Crippen LogP contribution in [0, 0.1) is 0 Å². The SMILES string of the molecule is c1ccc(-c2nc(-c3ccccc3)nc(-c3ccc(-c4nc5ccccc5nc4-c4ccc(-c5nc6ccccc6c6ccccc56)cc4)cc3)n2)cc1. The Bertz CT molecular complexity index is 2910. The fourth-order valence-electron chi connectivity index (χ4n) is 7.03. The predicted octanol–water partition coefficient (Wildman–Crippen LogP) is 11.5. The minimum atomic E-state index is 0.601. The van der Waals surface area contributed by atoms with E-state index in [0.29, 0.717) is 17.5 Å². The average molecular weight is 691 g/mol. The maximum absolute atomic E-state index is 5.17. The topological polar surface area (TPSA) is 77.3 Å². The van der Waals surface area contributed by atoms with Crippen LogP contribution in [0.4, 0.5) is 0 Å². The number of pyridine rings is 1. The Morgan fingerprint density at radius 3 is 1.04 bits per heavy atom. The number of fused-ring (bicyclic) bond motifs is 4. The highest BCUT2D eigenvalue weighted by Crippen LogP contribution is 2.36. The van der Waals surface area contributed by atoms with E-state index in [1.165, 1.54) is 5.39 Å². The number of aromatic nitrogens is 6. The molecule has 0 aliphatic rings. The van der Waals surface area contributed by atoms with Crippen molar-refractivity contribution >= 4 is 32.7 Å². The Morgan fingerprint density at radius 2 is 0.537 bits per heavy atom. The summed E-state index contributed by atoms with van der Waals surface area (Å²) in [5.74, 6) is 1.85. The molecule has 3 heterocycles. The molecule has 0 aliphatic heterocycles. The van der Waals surface area contributed by atoms with Crippen LogP contribution in [0.5, 0.6) is 0 Å². The van der Waals surface area contributed by atoms with Gasteiger partial charge in [0.15, 0.2) is 17.5 Å². The first kappa shape index (κ1) is 31.3. The lowest BCUT2D eigenvalue weighted by atomic mass is 9.97. The van der Waals surface area contributed by atoms with Crippen molar-refractivity contribution in [3.63, 3.8) is 0 Å². The zero-order chi connectivity index (χ0) is 35.8. The Balaban J connectivity index is 1.06. The first-order valence-corrected chi connectivity index (χ1v) is 17.9. The first-order valence-electron chi connectivity index (χ1n) is 17.9. The molecule has 0 fully saturated rings. The molecule has 3 aromatic heterocycles. The molecular weight excluding hydrogens is 661 g/mol. The van der Waals surface area contributed by atoms with E-state index in [4.69, 9.17) is 29.9 Å². The van der Waals surface area contributed by atoms with E-state index in [2.05, 4.69) is 91.0 Å². The number of hydrogen-bond acceptors (Lipinski definition) is 6. The summed E-state index contributed by atoms with van der Waals surface area (Å²) < 4.78 is 0. The lowest BCUT2D eigenvalue weighted by Crippen LogP contribution is -2.00. The quantitative estimate of drug-likeness (QED) is 0.162. The van der Waals surface area contributed by atoms with Gasteiger partial charge in [0.1, 0.15) is 0 Å². The predicted molar refractivity (Wildman–Crippen MR) is 218 cm³/mol. The molecular formula is C48H30N6. The third-order valence-electron chi connectivity index (χ3n) is 9.73. The summed E-state index contributed by atoms with van der Waals surface area (Å²) in [5, 5.41) is 3.47. The van der Waals surface area contributed by atoms with Crippen molar-refractivity contribution in [3.05, 3.63) is 182 Å². The average Bonchev–Trinajstić information content (AvgIpc) is 3.26. The van der Waals surface area contributed by atoms with Crippen LogP contribution in [0.2, 0.25) is 0 Å². The first-order chi connectivity index (χ1) is 26.7. The highest BCUT2D eigenvalue weighted by atomic mass is 15.0. The fourth-order valence-corrected chi connectivity index (χ4v) is 7.03. The summed E-state index contributed by atoms with van der Waals surface area (Å²) in [6.45, 7) is 0. The molecule has 10 rings (SSSR count). The molecule has 0 radical (unpaired) electrons.